The summed E-state index contributed by atoms with van der Waals surface area (Å²) in [5.74, 6) is -0.437. The fraction of sp³-hybridized carbons (Fsp3) is 0.200. The molecule has 0 aromatic heterocycles. The van der Waals surface area contributed by atoms with Crippen molar-refractivity contribution in [3.05, 3.63) is 32.2 Å². The topological polar surface area (TPSA) is 46.2 Å². The monoisotopic (exact) mass is 331 g/mol. The third-order valence-corrected chi connectivity index (χ3v) is 3.85. The number of ketones is 1. The molecule has 15 heavy (non-hydrogen) atoms. The van der Waals surface area contributed by atoms with E-state index in [1.807, 2.05) is 12.1 Å². The zero-order valence-electron chi connectivity index (χ0n) is 7.59. The third-order valence-electron chi connectivity index (χ3n) is 2.42. The second-order valence-corrected chi connectivity index (χ2v) is 4.96. The number of Topliss-reactive ketones (excluding diaryl/α,β-unsaturated/α-hetero) is 1. The van der Waals surface area contributed by atoms with E-state index in [4.69, 9.17) is 0 Å². The van der Waals surface area contributed by atoms with Gasteiger partial charge in [0.25, 0.3) is 0 Å². The van der Waals surface area contributed by atoms with E-state index in [1.165, 1.54) is 0 Å². The zero-order valence-corrected chi connectivity index (χ0v) is 10.8. The smallest absolute Gasteiger partial charge is 0.216 e. The lowest BCUT2D eigenvalue weighted by Gasteiger charge is -2.09. The van der Waals surface area contributed by atoms with Crippen molar-refractivity contribution in [2.24, 2.45) is 0 Å². The van der Waals surface area contributed by atoms with Gasteiger partial charge in [-0.3, -0.25) is 14.9 Å². The predicted molar refractivity (Wildman–Crippen MR) is 62.5 cm³/mol. The summed E-state index contributed by atoms with van der Waals surface area (Å²) in [5, 5.41) is 3.01. The number of hydrogen-bond donors (Lipinski definition) is 1. The molecule has 3 nitrogen and oxygen atoms in total. The fourth-order valence-electron chi connectivity index (χ4n) is 1.72. The minimum Gasteiger partial charge on any atom is -0.299 e. The summed E-state index contributed by atoms with van der Waals surface area (Å²) in [4.78, 5) is 21.9. The number of benzene rings is 1. The van der Waals surface area contributed by atoms with Crippen molar-refractivity contribution in [3.63, 3.8) is 0 Å². The van der Waals surface area contributed by atoms with Crippen molar-refractivity contribution < 1.29 is 9.59 Å². The van der Waals surface area contributed by atoms with E-state index in [9.17, 15) is 9.59 Å². The van der Waals surface area contributed by atoms with Crippen LogP contribution in [0, 0.1) is 0 Å². The SMILES string of the molecule is O=CC(=O)C1NCc2c(Br)ccc(Br)c21. The molecule has 2 rings (SSSR count). The van der Waals surface area contributed by atoms with Crippen LogP contribution in [0.2, 0.25) is 0 Å². The second kappa shape index (κ2) is 4.15. The lowest BCUT2D eigenvalue weighted by atomic mass is 10.0. The fourth-order valence-corrected chi connectivity index (χ4v) is 2.80. The Hall–Kier alpha value is -0.520. The molecule has 0 fully saturated rings. The Morgan fingerprint density at radius 3 is 2.73 bits per heavy atom. The Labute approximate surface area is 103 Å². The Balaban J connectivity index is 2.54. The normalized spacial score (nSPS) is 18.7. The molecule has 0 bridgehead atoms. The molecule has 1 aromatic rings. The van der Waals surface area contributed by atoms with Gasteiger partial charge in [-0.25, -0.2) is 0 Å². The molecule has 78 valence electrons. The van der Waals surface area contributed by atoms with Crippen LogP contribution >= 0.6 is 31.9 Å². The first kappa shape index (κ1) is 11.0. The molecule has 0 aliphatic carbocycles. The average molecular weight is 333 g/mol. The minimum absolute atomic E-state index is 0.361. The number of aldehydes is 1. The molecule has 0 amide bonds. The first-order valence-electron chi connectivity index (χ1n) is 4.34. The minimum atomic E-state index is -0.510. The van der Waals surface area contributed by atoms with Gasteiger partial charge in [-0.05, 0) is 23.3 Å². The number of nitrogens with one attached hydrogen (secondary N) is 1. The third kappa shape index (κ3) is 1.79. The Kier molecular flexibility index (Phi) is 3.04. The molecular formula is C10H7Br2NO2. The molecule has 0 radical (unpaired) electrons. The molecule has 1 unspecified atom stereocenters. The largest absolute Gasteiger partial charge is 0.299 e. The quantitative estimate of drug-likeness (QED) is 0.666. The van der Waals surface area contributed by atoms with Crippen LogP contribution < -0.4 is 5.32 Å². The molecule has 1 aliphatic rings. The van der Waals surface area contributed by atoms with Crippen LogP contribution in [0.3, 0.4) is 0 Å². The number of rotatable bonds is 2. The lowest BCUT2D eigenvalue weighted by molar-refractivity contribution is -0.131. The highest BCUT2D eigenvalue weighted by Crippen LogP contribution is 2.36. The molecule has 0 saturated carbocycles. The van der Waals surface area contributed by atoms with E-state index in [1.54, 1.807) is 0 Å². The van der Waals surface area contributed by atoms with Gasteiger partial charge in [-0.2, -0.15) is 0 Å². The van der Waals surface area contributed by atoms with Crippen LogP contribution in [0.15, 0.2) is 21.1 Å². The summed E-state index contributed by atoms with van der Waals surface area (Å²) in [6.07, 6.45) is 0.361. The molecule has 1 aromatic carbocycles. The van der Waals surface area contributed by atoms with Crippen LogP contribution in [-0.4, -0.2) is 12.1 Å². The summed E-state index contributed by atoms with van der Waals surface area (Å²) in [6, 6.07) is 3.27. The molecular weight excluding hydrogens is 326 g/mol. The van der Waals surface area contributed by atoms with E-state index in [0.717, 1.165) is 20.1 Å². The number of halogens is 2. The number of carbonyl (C=O) groups excluding carboxylic acids is 2. The van der Waals surface area contributed by atoms with Crippen molar-refractivity contribution in [3.8, 4) is 0 Å². The summed E-state index contributed by atoms with van der Waals surface area (Å²) in [6.45, 7) is 0.597. The van der Waals surface area contributed by atoms with E-state index in [0.29, 0.717) is 12.8 Å². The van der Waals surface area contributed by atoms with E-state index < -0.39 is 11.8 Å². The van der Waals surface area contributed by atoms with Crippen LogP contribution in [0.25, 0.3) is 0 Å². The Morgan fingerprint density at radius 2 is 2.07 bits per heavy atom. The van der Waals surface area contributed by atoms with E-state index in [2.05, 4.69) is 37.2 Å². The van der Waals surface area contributed by atoms with Gasteiger partial charge in [0.05, 0.1) is 0 Å². The summed E-state index contributed by atoms with van der Waals surface area (Å²) in [7, 11) is 0. The number of hydrogen-bond acceptors (Lipinski definition) is 3. The maximum Gasteiger partial charge on any atom is 0.216 e. The predicted octanol–water partition coefficient (Wildman–Crippen LogP) is 2.12. The first-order valence-corrected chi connectivity index (χ1v) is 5.93. The highest BCUT2D eigenvalue weighted by Gasteiger charge is 2.30. The maximum atomic E-state index is 11.4. The van der Waals surface area contributed by atoms with Crippen LogP contribution in [-0.2, 0) is 16.1 Å². The first-order chi connectivity index (χ1) is 7.15. The molecule has 0 spiro atoms. The highest BCUT2D eigenvalue weighted by molar-refractivity contribution is 9.11. The van der Waals surface area contributed by atoms with Crippen molar-refractivity contribution in [1.82, 2.24) is 5.32 Å². The summed E-state index contributed by atoms with van der Waals surface area (Å²) < 4.78 is 1.81. The molecule has 0 saturated heterocycles. The highest BCUT2D eigenvalue weighted by atomic mass is 79.9. The van der Waals surface area contributed by atoms with Gasteiger partial charge in [-0.15, -0.1) is 0 Å². The maximum absolute atomic E-state index is 11.4. The summed E-state index contributed by atoms with van der Waals surface area (Å²) >= 11 is 6.81. The van der Waals surface area contributed by atoms with Gasteiger partial charge < -0.3 is 0 Å². The molecule has 5 heteroatoms. The van der Waals surface area contributed by atoms with Crippen LogP contribution in [0.4, 0.5) is 0 Å². The van der Waals surface area contributed by atoms with Gasteiger partial charge in [0.15, 0.2) is 6.29 Å². The average Bonchev–Trinajstić information content (AvgIpc) is 2.68. The molecule has 1 N–H and O–H groups in total. The van der Waals surface area contributed by atoms with E-state index in [-0.39, 0.29) is 0 Å². The van der Waals surface area contributed by atoms with Crippen molar-refractivity contribution >= 4 is 43.9 Å². The second-order valence-electron chi connectivity index (χ2n) is 3.26. The van der Waals surface area contributed by atoms with Gasteiger partial charge in [0.1, 0.15) is 6.04 Å². The summed E-state index contributed by atoms with van der Waals surface area (Å²) in [5.41, 5.74) is 1.89. The Morgan fingerprint density at radius 1 is 1.40 bits per heavy atom. The van der Waals surface area contributed by atoms with Crippen molar-refractivity contribution in [2.45, 2.75) is 12.6 Å². The van der Waals surface area contributed by atoms with Gasteiger partial charge in [0.2, 0.25) is 5.78 Å². The van der Waals surface area contributed by atoms with Crippen LogP contribution in [0.1, 0.15) is 17.2 Å². The molecule has 1 aliphatic heterocycles. The number of carbonyl (C=O) groups is 2. The molecule has 1 heterocycles. The van der Waals surface area contributed by atoms with Gasteiger partial charge >= 0.3 is 0 Å². The van der Waals surface area contributed by atoms with Gasteiger partial charge in [-0.1, -0.05) is 31.9 Å². The molecule has 1 atom stereocenters. The Bertz CT molecular complexity index is 445. The van der Waals surface area contributed by atoms with Crippen molar-refractivity contribution in [1.29, 1.82) is 0 Å². The lowest BCUT2D eigenvalue weighted by Crippen LogP contribution is -2.22. The number of fused-ring (bicyclic) bond motifs is 1. The van der Waals surface area contributed by atoms with Crippen LogP contribution in [0.5, 0.6) is 0 Å². The zero-order chi connectivity index (χ0) is 11.0. The van der Waals surface area contributed by atoms with Gasteiger partial charge in [0, 0.05) is 15.5 Å². The van der Waals surface area contributed by atoms with E-state index >= 15 is 0 Å². The van der Waals surface area contributed by atoms with Crippen molar-refractivity contribution in [2.75, 3.05) is 0 Å². The standard InChI is InChI=1S/C10H7Br2NO2/c11-6-1-2-7(12)9-5(6)3-13-10(9)8(15)4-14/h1-2,4,10,13H,3H2.